The first kappa shape index (κ1) is 21.0. The van der Waals surface area contributed by atoms with Crippen LogP contribution in [0.5, 0.6) is 0 Å². The van der Waals surface area contributed by atoms with Gasteiger partial charge < -0.3 is 5.32 Å². The van der Waals surface area contributed by atoms with Crippen LogP contribution in [0.25, 0.3) is 0 Å². The van der Waals surface area contributed by atoms with Crippen LogP contribution in [0.15, 0.2) is 42.5 Å². The summed E-state index contributed by atoms with van der Waals surface area (Å²) in [5.41, 5.74) is 5.17. The van der Waals surface area contributed by atoms with Gasteiger partial charge in [-0.05, 0) is 67.1 Å². The van der Waals surface area contributed by atoms with E-state index in [9.17, 15) is 9.59 Å². The van der Waals surface area contributed by atoms with E-state index in [0.29, 0.717) is 12.2 Å². The molecule has 1 aliphatic heterocycles. The van der Waals surface area contributed by atoms with Crippen molar-refractivity contribution in [3.05, 3.63) is 59.2 Å². The van der Waals surface area contributed by atoms with Gasteiger partial charge in [0.05, 0.1) is 5.75 Å². The number of carbonyl (C=O) groups is 2. The number of nitrogens with zero attached hydrogens (tertiary/aromatic N) is 1. The number of hydrogen-bond acceptors (Lipinski definition) is 3. The Morgan fingerprint density at radius 2 is 1.73 bits per heavy atom. The van der Waals surface area contributed by atoms with Gasteiger partial charge in [0, 0.05) is 17.8 Å². The quantitative estimate of drug-likeness (QED) is 0.622. The van der Waals surface area contributed by atoms with Gasteiger partial charge in [0.1, 0.15) is 5.37 Å². The number of nitrogens with one attached hydrogen (secondary N) is 1. The molecule has 4 rings (SSSR count). The Morgan fingerprint density at radius 1 is 1.07 bits per heavy atom. The van der Waals surface area contributed by atoms with Crippen molar-refractivity contribution in [1.29, 1.82) is 0 Å². The second-order valence-electron chi connectivity index (χ2n) is 8.63. The number of amides is 2. The average Bonchev–Trinajstić information content (AvgIpc) is 3.36. The smallest absolute Gasteiger partial charge is 0.238 e. The van der Waals surface area contributed by atoms with E-state index in [1.807, 2.05) is 29.2 Å². The number of rotatable bonds is 6. The van der Waals surface area contributed by atoms with E-state index in [2.05, 4.69) is 37.4 Å². The zero-order valence-corrected chi connectivity index (χ0v) is 18.6. The highest BCUT2D eigenvalue weighted by Gasteiger charge is 2.34. The summed E-state index contributed by atoms with van der Waals surface area (Å²) >= 11 is 1.65. The lowest BCUT2D eigenvalue weighted by Gasteiger charge is -2.25. The van der Waals surface area contributed by atoms with Crippen molar-refractivity contribution in [1.82, 2.24) is 0 Å². The van der Waals surface area contributed by atoms with Gasteiger partial charge in [0.15, 0.2) is 0 Å². The molecule has 0 spiro atoms. The largest absolute Gasteiger partial charge is 0.326 e. The fourth-order valence-corrected chi connectivity index (χ4v) is 5.81. The fourth-order valence-electron chi connectivity index (χ4n) is 4.63. The molecule has 1 heterocycles. The van der Waals surface area contributed by atoms with Crippen molar-refractivity contribution in [2.24, 2.45) is 5.92 Å². The van der Waals surface area contributed by atoms with Crippen LogP contribution in [-0.2, 0) is 9.59 Å². The van der Waals surface area contributed by atoms with Gasteiger partial charge in [-0.25, -0.2) is 0 Å². The van der Waals surface area contributed by atoms with Crippen LogP contribution >= 0.6 is 11.8 Å². The number of benzene rings is 2. The van der Waals surface area contributed by atoms with Crippen LogP contribution in [0, 0.1) is 19.8 Å². The number of anilines is 2. The lowest BCUT2D eigenvalue weighted by molar-refractivity contribution is -0.117. The van der Waals surface area contributed by atoms with Crippen LogP contribution in [0.2, 0.25) is 0 Å². The summed E-state index contributed by atoms with van der Waals surface area (Å²) in [5, 5.41) is 2.99. The van der Waals surface area contributed by atoms with E-state index in [-0.39, 0.29) is 17.2 Å². The van der Waals surface area contributed by atoms with Crippen molar-refractivity contribution < 1.29 is 9.59 Å². The molecule has 0 radical (unpaired) electrons. The van der Waals surface area contributed by atoms with Gasteiger partial charge in [-0.15, -0.1) is 11.8 Å². The van der Waals surface area contributed by atoms with E-state index in [1.54, 1.807) is 11.8 Å². The lowest BCUT2D eigenvalue weighted by Crippen LogP contribution is -2.28. The molecule has 5 heteroatoms. The van der Waals surface area contributed by atoms with E-state index in [4.69, 9.17) is 0 Å². The molecule has 2 aliphatic rings. The molecule has 2 amide bonds. The Bertz CT molecular complexity index is 899. The summed E-state index contributed by atoms with van der Waals surface area (Å²) in [6.45, 7) is 4.12. The predicted octanol–water partition coefficient (Wildman–Crippen LogP) is 5.99. The molecule has 1 saturated heterocycles. The molecule has 1 aliphatic carbocycles. The maximum Gasteiger partial charge on any atom is 0.238 e. The fraction of sp³-hybridized carbons (Fsp3) is 0.440. The Kier molecular flexibility index (Phi) is 6.47. The zero-order chi connectivity index (χ0) is 21.1. The molecule has 1 N–H and O–H groups in total. The van der Waals surface area contributed by atoms with E-state index in [1.165, 1.54) is 25.7 Å². The molecule has 0 aromatic heterocycles. The number of thioether (sulfide) groups is 1. The number of aryl methyl sites for hydroxylation is 2. The van der Waals surface area contributed by atoms with Crippen molar-refractivity contribution in [3.8, 4) is 0 Å². The van der Waals surface area contributed by atoms with E-state index < -0.39 is 0 Å². The molecule has 1 saturated carbocycles. The van der Waals surface area contributed by atoms with Crippen molar-refractivity contribution in [3.63, 3.8) is 0 Å². The molecule has 1 atom stereocenters. The minimum Gasteiger partial charge on any atom is -0.326 e. The Labute approximate surface area is 183 Å². The Morgan fingerprint density at radius 3 is 2.40 bits per heavy atom. The normalized spacial score (nSPS) is 19.5. The summed E-state index contributed by atoms with van der Waals surface area (Å²) in [6.07, 6.45) is 6.77. The van der Waals surface area contributed by atoms with Gasteiger partial charge in [0.25, 0.3) is 0 Å². The lowest BCUT2D eigenvalue weighted by atomic mass is 10.0. The SMILES string of the molecule is Cc1cc(C)cc(N2C(=O)CSC2c2ccc(NC(=O)CCC3CCCC3)cc2)c1. The summed E-state index contributed by atoms with van der Waals surface area (Å²) < 4.78 is 0. The highest BCUT2D eigenvalue weighted by molar-refractivity contribution is 8.00. The number of carbonyl (C=O) groups excluding carboxylic acids is 2. The maximum absolute atomic E-state index is 12.6. The van der Waals surface area contributed by atoms with Crippen LogP contribution in [0.3, 0.4) is 0 Å². The molecular formula is C25H30N2O2S. The van der Waals surface area contributed by atoms with Crippen molar-refractivity contribution >= 4 is 35.0 Å². The van der Waals surface area contributed by atoms with Gasteiger partial charge in [-0.2, -0.15) is 0 Å². The molecule has 30 heavy (non-hydrogen) atoms. The van der Waals surface area contributed by atoms with Gasteiger partial charge in [-0.3, -0.25) is 14.5 Å². The third-order valence-electron chi connectivity index (χ3n) is 6.09. The number of hydrogen-bond donors (Lipinski definition) is 1. The van der Waals surface area contributed by atoms with Crippen LogP contribution in [0.4, 0.5) is 11.4 Å². The van der Waals surface area contributed by atoms with Gasteiger partial charge in [0.2, 0.25) is 11.8 Å². The molecule has 158 valence electrons. The summed E-state index contributed by atoms with van der Waals surface area (Å²) in [5.74, 6) is 1.44. The highest BCUT2D eigenvalue weighted by atomic mass is 32.2. The zero-order valence-electron chi connectivity index (χ0n) is 17.8. The molecule has 2 aromatic rings. The van der Waals surface area contributed by atoms with E-state index >= 15 is 0 Å². The van der Waals surface area contributed by atoms with E-state index in [0.717, 1.165) is 40.4 Å². The molecule has 1 unspecified atom stereocenters. The molecule has 2 fully saturated rings. The summed E-state index contributed by atoms with van der Waals surface area (Å²) in [6, 6.07) is 14.2. The Hall–Kier alpha value is -2.27. The minimum absolute atomic E-state index is 0.0363. The Balaban J connectivity index is 1.42. The summed E-state index contributed by atoms with van der Waals surface area (Å²) in [7, 11) is 0. The van der Waals surface area contributed by atoms with Crippen LogP contribution in [0.1, 0.15) is 60.6 Å². The minimum atomic E-state index is -0.0363. The predicted molar refractivity (Wildman–Crippen MR) is 125 cm³/mol. The third kappa shape index (κ3) is 4.89. The standard InChI is InChI=1S/C25H30N2O2S/c1-17-13-18(2)15-22(14-17)27-24(29)16-30-25(27)20-8-10-21(11-9-20)26-23(28)12-7-19-5-3-4-6-19/h8-11,13-15,19,25H,3-7,12,16H2,1-2H3,(H,26,28). The molecule has 0 bridgehead atoms. The average molecular weight is 423 g/mol. The second kappa shape index (κ2) is 9.25. The topological polar surface area (TPSA) is 49.4 Å². The second-order valence-corrected chi connectivity index (χ2v) is 9.70. The first-order valence-corrected chi connectivity index (χ1v) is 12.0. The third-order valence-corrected chi connectivity index (χ3v) is 7.30. The van der Waals surface area contributed by atoms with Crippen molar-refractivity contribution in [2.45, 2.75) is 57.7 Å². The highest BCUT2D eigenvalue weighted by Crippen LogP contribution is 2.42. The first-order valence-electron chi connectivity index (χ1n) is 10.9. The monoisotopic (exact) mass is 422 g/mol. The van der Waals surface area contributed by atoms with Gasteiger partial charge in [-0.1, -0.05) is 43.9 Å². The van der Waals surface area contributed by atoms with Crippen molar-refractivity contribution in [2.75, 3.05) is 16.0 Å². The molecule has 2 aromatic carbocycles. The van der Waals surface area contributed by atoms with Crippen LogP contribution < -0.4 is 10.2 Å². The molecular weight excluding hydrogens is 392 g/mol. The summed E-state index contributed by atoms with van der Waals surface area (Å²) in [4.78, 5) is 26.8. The van der Waals surface area contributed by atoms with Crippen LogP contribution in [-0.4, -0.2) is 17.6 Å². The first-order chi connectivity index (χ1) is 14.5. The van der Waals surface area contributed by atoms with Gasteiger partial charge >= 0.3 is 0 Å². The maximum atomic E-state index is 12.6. The molecule has 4 nitrogen and oxygen atoms in total.